The van der Waals surface area contributed by atoms with Gasteiger partial charge in [0.25, 0.3) is 0 Å². The largest absolute Gasteiger partial charge is 0.462 e. The lowest BCUT2D eigenvalue weighted by molar-refractivity contribution is -0.217. The molecule has 0 aromatic heterocycles. The second-order valence-electron chi connectivity index (χ2n) is 15.2. The molecule has 0 unspecified atom stereocenters. The van der Waals surface area contributed by atoms with Gasteiger partial charge >= 0.3 is 5.97 Å². The fourth-order valence-electron chi connectivity index (χ4n) is 11.0. The number of ether oxygens (including phenoxy) is 1. The third-order valence-electron chi connectivity index (χ3n) is 13.7. The summed E-state index contributed by atoms with van der Waals surface area (Å²) in [6.07, 6.45) is 8.25. The molecule has 0 radical (unpaired) electrons. The number of carbonyl (C=O) groups excluding carboxylic acids is 2. The van der Waals surface area contributed by atoms with Gasteiger partial charge in [0, 0.05) is 25.2 Å². The summed E-state index contributed by atoms with van der Waals surface area (Å²) in [6, 6.07) is 0. The van der Waals surface area contributed by atoms with E-state index in [-0.39, 0.29) is 24.3 Å². The lowest BCUT2D eigenvalue weighted by Gasteiger charge is -2.63. The molecule has 0 aromatic carbocycles. The van der Waals surface area contributed by atoms with Crippen LogP contribution in [-0.4, -0.2) is 28.6 Å². The number of ketones is 1. The van der Waals surface area contributed by atoms with Gasteiger partial charge in [-0.15, -0.1) is 0 Å². The van der Waals surface area contributed by atoms with Crippen molar-refractivity contribution in [3.8, 4) is 0 Å². The van der Waals surface area contributed by atoms with E-state index in [2.05, 4.69) is 48.5 Å². The van der Waals surface area contributed by atoms with Crippen LogP contribution in [0.1, 0.15) is 113 Å². The van der Waals surface area contributed by atoms with E-state index < -0.39 is 11.0 Å². The molecule has 5 fully saturated rings. The zero-order chi connectivity index (χ0) is 26.4. The molecular formula is C32H52O4. The highest BCUT2D eigenvalue weighted by Gasteiger charge is 2.69. The first-order valence-electron chi connectivity index (χ1n) is 15.1. The molecule has 4 heteroatoms. The number of aliphatic hydroxyl groups is 1. The summed E-state index contributed by atoms with van der Waals surface area (Å²) in [6.45, 7) is 18.5. The number of rotatable bonds is 5. The summed E-state index contributed by atoms with van der Waals surface area (Å²) in [7, 11) is 0. The fourth-order valence-corrected chi connectivity index (χ4v) is 11.0. The summed E-state index contributed by atoms with van der Waals surface area (Å²) in [5, 5.41) is 11.9. The number of hydrogen-bond acceptors (Lipinski definition) is 4. The normalized spacial score (nSPS) is 51.7. The van der Waals surface area contributed by atoms with Crippen molar-refractivity contribution in [3.63, 3.8) is 0 Å². The van der Waals surface area contributed by atoms with E-state index >= 15 is 0 Å². The highest BCUT2D eigenvalue weighted by molar-refractivity contribution is 5.89. The molecule has 0 aromatic rings. The van der Waals surface area contributed by atoms with E-state index in [0.717, 1.165) is 48.9 Å². The van der Waals surface area contributed by atoms with E-state index in [4.69, 9.17) is 4.74 Å². The van der Waals surface area contributed by atoms with Gasteiger partial charge < -0.3 is 9.84 Å². The van der Waals surface area contributed by atoms with Crippen LogP contribution in [0.4, 0.5) is 0 Å². The number of hydrogen-bond donors (Lipinski definition) is 1. The van der Waals surface area contributed by atoms with Crippen LogP contribution in [0.15, 0.2) is 0 Å². The van der Waals surface area contributed by atoms with Gasteiger partial charge in [-0.1, -0.05) is 48.5 Å². The highest BCUT2D eigenvalue weighted by Crippen LogP contribution is 2.71. The Bertz CT molecular complexity index is 912. The summed E-state index contributed by atoms with van der Waals surface area (Å²) in [5.74, 6) is 4.90. The monoisotopic (exact) mass is 500 g/mol. The molecule has 4 nitrogen and oxygen atoms in total. The van der Waals surface area contributed by atoms with Crippen molar-refractivity contribution in [1.29, 1.82) is 0 Å². The van der Waals surface area contributed by atoms with Gasteiger partial charge in [-0.3, -0.25) is 9.59 Å². The van der Waals surface area contributed by atoms with E-state index in [1.807, 2.05) is 0 Å². The third kappa shape index (κ3) is 3.62. The van der Waals surface area contributed by atoms with Crippen molar-refractivity contribution in [2.45, 2.75) is 125 Å². The Labute approximate surface area is 219 Å². The number of Topliss-reactive ketones (excluding diaryl/α,β-unsaturated/α-hetero) is 1. The van der Waals surface area contributed by atoms with E-state index in [0.29, 0.717) is 35.0 Å². The Morgan fingerprint density at radius 3 is 2.28 bits per heavy atom. The molecule has 0 heterocycles. The number of esters is 1. The highest BCUT2D eigenvalue weighted by atomic mass is 16.5. The molecule has 5 aliphatic carbocycles. The maximum absolute atomic E-state index is 13.7. The standard InChI is InChI=1S/C32H52O4/c1-18(2)20(4)30(7)17-27(30)19(3)24-9-10-25-23-15-28(34)32(35)16-22(36-21(5)33)11-14-31(32,8)26(23)12-13-29(24,25)6/h18-20,22-27,35H,9-17H2,1-8H3/t19-,20-,22-,23-,24+,25-,26-,27+,29+,30-,31+,32-/m0/s1. The van der Waals surface area contributed by atoms with E-state index in [9.17, 15) is 14.7 Å². The molecule has 36 heavy (non-hydrogen) atoms. The minimum Gasteiger partial charge on any atom is -0.462 e. The molecule has 5 aliphatic rings. The van der Waals surface area contributed by atoms with Crippen molar-refractivity contribution in [3.05, 3.63) is 0 Å². The van der Waals surface area contributed by atoms with Crippen molar-refractivity contribution in [1.82, 2.24) is 0 Å². The predicted molar refractivity (Wildman–Crippen MR) is 142 cm³/mol. The van der Waals surface area contributed by atoms with Crippen LogP contribution in [0.3, 0.4) is 0 Å². The smallest absolute Gasteiger partial charge is 0.302 e. The fraction of sp³-hybridized carbons (Fsp3) is 0.938. The number of fused-ring (bicyclic) bond motifs is 5. The average Bonchev–Trinajstić information content (AvgIpc) is 3.36. The van der Waals surface area contributed by atoms with Gasteiger partial charge in [0.15, 0.2) is 5.78 Å². The average molecular weight is 501 g/mol. The molecule has 0 spiro atoms. The minimum atomic E-state index is -1.35. The van der Waals surface area contributed by atoms with Gasteiger partial charge in [0.2, 0.25) is 0 Å². The van der Waals surface area contributed by atoms with Crippen LogP contribution in [-0.2, 0) is 14.3 Å². The molecule has 0 aliphatic heterocycles. The quantitative estimate of drug-likeness (QED) is 0.420. The van der Waals surface area contributed by atoms with Gasteiger partial charge in [0.1, 0.15) is 11.7 Å². The first kappa shape index (κ1) is 26.7. The first-order valence-corrected chi connectivity index (χ1v) is 15.1. The van der Waals surface area contributed by atoms with Crippen molar-refractivity contribution in [2.75, 3.05) is 0 Å². The maximum atomic E-state index is 13.7. The molecule has 0 bridgehead atoms. The number of carbonyl (C=O) groups is 2. The summed E-state index contributed by atoms with van der Waals surface area (Å²) in [5.41, 5.74) is -0.957. The molecular weight excluding hydrogens is 448 g/mol. The minimum absolute atomic E-state index is 0.0179. The summed E-state index contributed by atoms with van der Waals surface area (Å²) in [4.78, 5) is 25.3. The van der Waals surface area contributed by atoms with Crippen molar-refractivity contribution >= 4 is 11.8 Å². The third-order valence-corrected chi connectivity index (χ3v) is 13.7. The summed E-state index contributed by atoms with van der Waals surface area (Å²) >= 11 is 0. The predicted octanol–water partition coefficient (Wildman–Crippen LogP) is 6.83. The molecule has 12 atom stereocenters. The zero-order valence-corrected chi connectivity index (χ0v) is 24.2. The zero-order valence-electron chi connectivity index (χ0n) is 24.2. The lowest BCUT2D eigenvalue weighted by atomic mass is 9.42. The Balaban J connectivity index is 1.36. The topological polar surface area (TPSA) is 63.6 Å². The van der Waals surface area contributed by atoms with E-state index in [1.165, 1.54) is 32.6 Å². The first-order chi connectivity index (χ1) is 16.7. The van der Waals surface area contributed by atoms with Gasteiger partial charge in [-0.2, -0.15) is 0 Å². The van der Waals surface area contributed by atoms with Gasteiger partial charge in [-0.05, 0) is 103 Å². The molecule has 5 saturated carbocycles. The Kier molecular flexibility index (Phi) is 6.34. The van der Waals surface area contributed by atoms with Crippen LogP contribution < -0.4 is 0 Å². The van der Waals surface area contributed by atoms with Crippen molar-refractivity contribution < 1.29 is 19.4 Å². The molecule has 0 saturated heterocycles. The Morgan fingerprint density at radius 2 is 1.64 bits per heavy atom. The van der Waals surface area contributed by atoms with Crippen LogP contribution >= 0.6 is 0 Å². The van der Waals surface area contributed by atoms with Crippen LogP contribution in [0.25, 0.3) is 0 Å². The van der Waals surface area contributed by atoms with Gasteiger partial charge in [-0.25, -0.2) is 0 Å². The molecule has 5 rings (SSSR count). The van der Waals surface area contributed by atoms with Crippen LogP contribution in [0.2, 0.25) is 0 Å². The van der Waals surface area contributed by atoms with Gasteiger partial charge in [0.05, 0.1) is 0 Å². The second kappa shape index (κ2) is 8.55. The molecule has 1 N–H and O–H groups in total. The SMILES string of the molecule is CC(=O)O[C@H]1CC[C@]2(C)[C@H]3CC[C@]4(C)[C@@H]([C@H](C)[C@H]5C[C@@]5(C)[C@@H](C)C(C)C)CC[C@H]4[C@@H]3CC(=O)[C@@]2(O)C1. The Hall–Kier alpha value is -0.900. The maximum Gasteiger partial charge on any atom is 0.302 e. The molecule has 0 amide bonds. The van der Waals surface area contributed by atoms with Crippen LogP contribution in [0.5, 0.6) is 0 Å². The second-order valence-corrected chi connectivity index (χ2v) is 15.2. The molecule has 204 valence electrons. The Morgan fingerprint density at radius 1 is 0.944 bits per heavy atom. The van der Waals surface area contributed by atoms with E-state index in [1.54, 1.807) is 0 Å². The van der Waals surface area contributed by atoms with Crippen molar-refractivity contribution in [2.24, 2.45) is 63.6 Å². The van der Waals surface area contributed by atoms with Crippen LogP contribution in [0, 0.1) is 63.6 Å². The lowest BCUT2D eigenvalue weighted by Crippen LogP contribution is -2.67. The summed E-state index contributed by atoms with van der Waals surface area (Å²) < 4.78 is 5.49.